The molecule has 0 radical (unpaired) electrons. The molecular formula is C16H13F2NO3. The summed E-state index contributed by atoms with van der Waals surface area (Å²) in [6.07, 6.45) is 0. The Kier molecular flexibility index (Phi) is 3.77. The second-order valence-corrected chi connectivity index (χ2v) is 4.79. The van der Waals surface area contributed by atoms with Crippen LogP contribution in [0, 0.1) is 0 Å². The fraction of sp³-hybridized carbons (Fsp3) is 0.188. The first kappa shape index (κ1) is 14.5. The van der Waals surface area contributed by atoms with Crippen LogP contribution < -0.4 is 10.1 Å². The van der Waals surface area contributed by atoms with Gasteiger partial charge in [0.25, 0.3) is 5.91 Å². The van der Waals surface area contributed by atoms with Gasteiger partial charge in [0.05, 0.1) is 6.61 Å². The maximum Gasteiger partial charge on any atom is 0.350 e. The molecular weight excluding hydrogens is 292 g/mol. The number of amides is 1. The van der Waals surface area contributed by atoms with E-state index in [1.165, 1.54) is 12.1 Å². The van der Waals surface area contributed by atoms with Crippen LogP contribution in [0.4, 0.5) is 14.5 Å². The van der Waals surface area contributed by atoms with Gasteiger partial charge in [-0.2, -0.15) is 8.78 Å². The number of alkyl halides is 2. The van der Waals surface area contributed by atoms with E-state index in [1.807, 2.05) is 0 Å². The summed E-state index contributed by atoms with van der Waals surface area (Å²) >= 11 is 0. The van der Waals surface area contributed by atoms with Crippen molar-refractivity contribution in [2.75, 3.05) is 12.1 Å². The van der Waals surface area contributed by atoms with E-state index in [0.717, 1.165) is 0 Å². The summed E-state index contributed by atoms with van der Waals surface area (Å²) in [4.78, 5) is 12.0. The third-order valence-corrected chi connectivity index (χ3v) is 3.33. The predicted octanol–water partition coefficient (Wildman–Crippen LogP) is 3.28. The smallest absolute Gasteiger partial charge is 0.350 e. The largest absolute Gasteiger partial charge is 0.467 e. The second kappa shape index (κ2) is 5.73. The molecule has 1 aliphatic heterocycles. The molecule has 1 heterocycles. The highest BCUT2D eigenvalue weighted by molar-refractivity contribution is 5.97. The molecule has 0 aromatic heterocycles. The number of benzene rings is 2. The van der Waals surface area contributed by atoms with Gasteiger partial charge in [-0.1, -0.05) is 30.3 Å². The highest BCUT2D eigenvalue weighted by Gasteiger charge is 2.43. The van der Waals surface area contributed by atoms with Gasteiger partial charge < -0.3 is 14.8 Å². The molecule has 1 amide bonds. The van der Waals surface area contributed by atoms with Crippen LogP contribution in [0.25, 0.3) is 0 Å². The van der Waals surface area contributed by atoms with Gasteiger partial charge in [-0.05, 0) is 18.2 Å². The molecule has 1 N–H and O–H groups in total. The van der Waals surface area contributed by atoms with Gasteiger partial charge in [0.2, 0.25) is 0 Å². The van der Waals surface area contributed by atoms with E-state index in [1.54, 1.807) is 36.4 Å². The Morgan fingerprint density at radius 1 is 1.09 bits per heavy atom. The molecule has 0 fully saturated rings. The number of fused-ring (bicyclic) bond motifs is 1. The average Bonchev–Trinajstić information content (AvgIpc) is 2.55. The maximum atomic E-state index is 14.5. The van der Waals surface area contributed by atoms with Crippen LogP contribution in [-0.4, -0.2) is 12.7 Å². The summed E-state index contributed by atoms with van der Waals surface area (Å²) in [6, 6.07) is 12.3. The zero-order valence-electron chi connectivity index (χ0n) is 11.5. The molecule has 22 heavy (non-hydrogen) atoms. The van der Waals surface area contributed by atoms with Crippen molar-refractivity contribution < 1.29 is 23.0 Å². The van der Waals surface area contributed by atoms with Gasteiger partial charge in [0.1, 0.15) is 5.75 Å². The van der Waals surface area contributed by atoms with Crippen molar-refractivity contribution in [3.63, 3.8) is 0 Å². The number of halogens is 2. The molecule has 114 valence electrons. The van der Waals surface area contributed by atoms with Gasteiger partial charge in [-0.25, -0.2) is 0 Å². The molecule has 4 nitrogen and oxygen atoms in total. The van der Waals surface area contributed by atoms with Crippen LogP contribution in [0.2, 0.25) is 0 Å². The number of hydrogen-bond acceptors (Lipinski definition) is 3. The van der Waals surface area contributed by atoms with E-state index in [4.69, 9.17) is 9.47 Å². The molecule has 2 aromatic carbocycles. The third kappa shape index (κ3) is 2.65. The maximum absolute atomic E-state index is 14.5. The van der Waals surface area contributed by atoms with E-state index < -0.39 is 17.4 Å². The molecule has 0 atom stereocenters. The van der Waals surface area contributed by atoms with Gasteiger partial charge >= 0.3 is 5.92 Å². The summed E-state index contributed by atoms with van der Waals surface area (Å²) in [5, 5.41) is 2.22. The average molecular weight is 305 g/mol. The summed E-state index contributed by atoms with van der Waals surface area (Å²) in [7, 11) is 0. The van der Waals surface area contributed by atoms with Gasteiger partial charge in [-0.15, -0.1) is 0 Å². The van der Waals surface area contributed by atoms with Crippen LogP contribution in [0.5, 0.6) is 5.75 Å². The van der Waals surface area contributed by atoms with Gasteiger partial charge in [0.15, 0.2) is 6.79 Å². The number of nitrogens with one attached hydrogen (secondary N) is 1. The minimum absolute atomic E-state index is 0.0121. The van der Waals surface area contributed by atoms with Crippen molar-refractivity contribution in [2.45, 2.75) is 12.5 Å². The van der Waals surface area contributed by atoms with E-state index in [2.05, 4.69) is 5.32 Å². The van der Waals surface area contributed by atoms with Crippen LogP contribution >= 0.6 is 0 Å². The number of rotatable bonds is 3. The molecule has 6 heteroatoms. The molecule has 3 rings (SSSR count). The molecule has 0 spiro atoms. The number of carbonyl (C=O) groups excluding carboxylic acids is 1. The zero-order valence-corrected chi connectivity index (χ0v) is 11.5. The van der Waals surface area contributed by atoms with Crippen molar-refractivity contribution in [3.8, 4) is 5.75 Å². The Balaban J connectivity index is 1.91. The van der Waals surface area contributed by atoms with Gasteiger partial charge in [-0.3, -0.25) is 4.79 Å². The highest BCUT2D eigenvalue weighted by Crippen LogP contribution is 2.37. The van der Waals surface area contributed by atoms with E-state index in [0.29, 0.717) is 11.4 Å². The fourth-order valence-electron chi connectivity index (χ4n) is 2.25. The molecule has 0 saturated heterocycles. The lowest BCUT2D eigenvalue weighted by molar-refractivity contribution is -0.141. The number of hydrogen-bond donors (Lipinski definition) is 1. The van der Waals surface area contributed by atoms with Crippen molar-refractivity contribution >= 4 is 11.6 Å². The first-order valence-electron chi connectivity index (χ1n) is 6.66. The SMILES string of the molecule is O=C(Nc1ccccc1)C(F)(F)c1cccc2c1COCO2. The van der Waals surface area contributed by atoms with Crippen LogP contribution in [0.1, 0.15) is 11.1 Å². The summed E-state index contributed by atoms with van der Waals surface area (Å²) in [6.45, 7) is -0.00203. The van der Waals surface area contributed by atoms with Gasteiger partial charge in [0, 0.05) is 16.8 Å². The minimum Gasteiger partial charge on any atom is -0.467 e. The number of ether oxygens (including phenoxy) is 2. The Hall–Kier alpha value is -2.47. The third-order valence-electron chi connectivity index (χ3n) is 3.33. The second-order valence-electron chi connectivity index (χ2n) is 4.79. The zero-order chi connectivity index (χ0) is 15.6. The lowest BCUT2D eigenvalue weighted by atomic mass is 10.00. The fourth-order valence-corrected chi connectivity index (χ4v) is 2.25. The Morgan fingerprint density at radius 3 is 2.64 bits per heavy atom. The molecule has 0 unspecified atom stereocenters. The Bertz CT molecular complexity index is 689. The molecule has 0 bridgehead atoms. The number of carbonyl (C=O) groups is 1. The quantitative estimate of drug-likeness (QED) is 0.946. The van der Waals surface area contributed by atoms with E-state index in [-0.39, 0.29) is 19.0 Å². The van der Waals surface area contributed by atoms with Crippen molar-refractivity contribution in [1.82, 2.24) is 0 Å². The van der Waals surface area contributed by atoms with Crippen LogP contribution in [0.15, 0.2) is 48.5 Å². The Morgan fingerprint density at radius 2 is 1.86 bits per heavy atom. The first-order valence-corrected chi connectivity index (χ1v) is 6.66. The minimum atomic E-state index is -3.69. The van der Waals surface area contributed by atoms with E-state index >= 15 is 0 Å². The summed E-state index contributed by atoms with van der Waals surface area (Å²) in [5.74, 6) is -4.76. The first-order chi connectivity index (χ1) is 10.6. The number of para-hydroxylation sites is 1. The summed E-state index contributed by atoms with van der Waals surface area (Å²) < 4.78 is 39.2. The molecule has 2 aromatic rings. The van der Waals surface area contributed by atoms with Crippen molar-refractivity contribution in [1.29, 1.82) is 0 Å². The van der Waals surface area contributed by atoms with Crippen molar-refractivity contribution in [2.24, 2.45) is 0 Å². The molecule has 0 aliphatic carbocycles. The van der Waals surface area contributed by atoms with Crippen molar-refractivity contribution in [3.05, 3.63) is 59.7 Å². The predicted molar refractivity (Wildman–Crippen MR) is 75.7 cm³/mol. The van der Waals surface area contributed by atoms with Crippen LogP contribution in [-0.2, 0) is 22.1 Å². The lowest BCUT2D eigenvalue weighted by Gasteiger charge is -2.24. The molecule has 0 saturated carbocycles. The highest BCUT2D eigenvalue weighted by atomic mass is 19.3. The van der Waals surface area contributed by atoms with Crippen LogP contribution in [0.3, 0.4) is 0 Å². The van der Waals surface area contributed by atoms with E-state index in [9.17, 15) is 13.6 Å². The topological polar surface area (TPSA) is 47.6 Å². The molecule has 1 aliphatic rings. The lowest BCUT2D eigenvalue weighted by Crippen LogP contribution is -2.34. The Labute approximate surface area is 125 Å². The monoisotopic (exact) mass is 305 g/mol. The normalized spacial score (nSPS) is 13.9. The summed E-state index contributed by atoms with van der Waals surface area (Å²) in [5.41, 5.74) is 0.101. The standard InChI is InChI=1S/C16H13F2NO3/c17-16(18,15(20)19-11-5-2-1-3-6-11)13-7-4-8-14-12(13)9-21-10-22-14/h1-8H,9-10H2,(H,19,20). The number of anilines is 1.